The summed E-state index contributed by atoms with van der Waals surface area (Å²) in [7, 11) is 0. The number of nitrogens with zero attached hydrogens (tertiary/aromatic N) is 1. The third-order valence-corrected chi connectivity index (χ3v) is 3.72. The minimum atomic E-state index is -4.15. The van der Waals surface area contributed by atoms with E-state index in [0.717, 1.165) is 25.7 Å². The van der Waals surface area contributed by atoms with Crippen molar-refractivity contribution in [3.05, 3.63) is 0 Å². The highest BCUT2D eigenvalue weighted by Gasteiger charge is 2.42. The predicted molar refractivity (Wildman–Crippen MR) is 62.7 cm³/mol. The van der Waals surface area contributed by atoms with Crippen molar-refractivity contribution in [1.29, 1.82) is 0 Å². The van der Waals surface area contributed by atoms with Gasteiger partial charge in [0.1, 0.15) is 6.04 Å². The lowest BCUT2D eigenvalue weighted by Crippen LogP contribution is -2.47. The summed E-state index contributed by atoms with van der Waals surface area (Å²) in [6, 6.07) is -1.34. The van der Waals surface area contributed by atoms with E-state index in [0.29, 0.717) is 19.0 Å². The first kappa shape index (κ1) is 14.8. The third kappa shape index (κ3) is 4.47. The number of likely N-dealkylation sites (tertiary alicyclic amines) is 1. The number of hydrogen-bond acceptors (Lipinski definition) is 2. The monoisotopic (exact) mass is 252 g/mol. The van der Waals surface area contributed by atoms with Gasteiger partial charge >= 0.3 is 6.18 Å². The molecule has 1 saturated heterocycles. The molecule has 1 rings (SSSR count). The van der Waals surface area contributed by atoms with E-state index in [9.17, 15) is 13.2 Å². The minimum Gasteiger partial charge on any atom is -0.330 e. The van der Waals surface area contributed by atoms with Gasteiger partial charge in [-0.1, -0.05) is 13.3 Å². The number of nitrogens with two attached hydrogens (primary N) is 1. The highest BCUT2D eigenvalue weighted by molar-refractivity contribution is 4.81. The topological polar surface area (TPSA) is 29.3 Å². The van der Waals surface area contributed by atoms with Crippen molar-refractivity contribution in [2.75, 3.05) is 19.6 Å². The summed E-state index contributed by atoms with van der Waals surface area (Å²) in [4.78, 5) is 1.59. The standard InChI is InChI=1S/C12H23F3N2/c1-2-10-4-3-8-17(9-6-10)11(5-7-16)12(13,14)15/h10-11H,2-9,16H2,1H3. The van der Waals surface area contributed by atoms with E-state index in [-0.39, 0.29) is 13.0 Å². The zero-order chi connectivity index (χ0) is 12.9. The Morgan fingerprint density at radius 2 is 2.00 bits per heavy atom. The molecule has 0 spiro atoms. The molecule has 0 aromatic carbocycles. The van der Waals surface area contributed by atoms with Gasteiger partial charge in [-0.2, -0.15) is 13.2 Å². The fourth-order valence-electron chi connectivity index (χ4n) is 2.62. The Kier molecular flexibility index (Phi) is 5.73. The van der Waals surface area contributed by atoms with Gasteiger partial charge in [-0.3, -0.25) is 4.90 Å². The van der Waals surface area contributed by atoms with Crippen LogP contribution in [0, 0.1) is 5.92 Å². The lowest BCUT2D eigenvalue weighted by Gasteiger charge is -2.32. The smallest absolute Gasteiger partial charge is 0.330 e. The van der Waals surface area contributed by atoms with Crippen molar-refractivity contribution in [2.45, 2.75) is 51.2 Å². The van der Waals surface area contributed by atoms with E-state index in [1.165, 1.54) is 0 Å². The van der Waals surface area contributed by atoms with Crippen LogP contribution in [0.1, 0.15) is 39.0 Å². The van der Waals surface area contributed by atoms with Crippen LogP contribution in [0.2, 0.25) is 0 Å². The zero-order valence-corrected chi connectivity index (χ0v) is 10.5. The first-order valence-corrected chi connectivity index (χ1v) is 6.49. The summed E-state index contributed by atoms with van der Waals surface area (Å²) in [6.07, 6.45) is -0.253. The minimum absolute atomic E-state index is 0.0142. The van der Waals surface area contributed by atoms with Crippen molar-refractivity contribution in [2.24, 2.45) is 11.7 Å². The van der Waals surface area contributed by atoms with E-state index in [2.05, 4.69) is 6.92 Å². The Balaban J connectivity index is 2.61. The number of alkyl halides is 3. The maximum Gasteiger partial charge on any atom is 0.404 e. The van der Waals surface area contributed by atoms with E-state index < -0.39 is 12.2 Å². The van der Waals surface area contributed by atoms with Gasteiger partial charge in [-0.25, -0.2) is 0 Å². The van der Waals surface area contributed by atoms with Gasteiger partial charge in [0.15, 0.2) is 0 Å². The highest BCUT2D eigenvalue weighted by atomic mass is 19.4. The Bertz CT molecular complexity index is 218. The molecule has 17 heavy (non-hydrogen) atoms. The highest BCUT2D eigenvalue weighted by Crippen LogP contribution is 2.30. The second-order valence-electron chi connectivity index (χ2n) is 4.88. The van der Waals surface area contributed by atoms with Crippen LogP contribution in [0.5, 0.6) is 0 Å². The SMILES string of the molecule is CCC1CCCN(C(CCN)C(F)(F)F)CC1. The fourth-order valence-corrected chi connectivity index (χ4v) is 2.62. The second-order valence-corrected chi connectivity index (χ2v) is 4.88. The molecular weight excluding hydrogens is 229 g/mol. The van der Waals surface area contributed by atoms with Gasteiger partial charge in [-0.15, -0.1) is 0 Å². The Morgan fingerprint density at radius 1 is 1.29 bits per heavy atom. The molecule has 0 bridgehead atoms. The van der Waals surface area contributed by atoms with Crippen LogP contribution < -0.4 is 5.73 Å². The van der Waals surface area contributed by atoms with Gasteiger partial charge in [0.25, 0.3) is 0 Å². The third-order valence-electron chi connectivity index (χ3n) is 3.72. The molecule has 0 radical (unpaired) electrons. The van der Waals surface area contributed by atoms with Crippen LogP contribution in [-0.2, 0) is 0 Å². The summed E-state index contributed by atoms with van der Waals surface area (Å²) in [5.41, 5.74) is 5.30. The van der Waals surface area contributed by atoms with Crippen LogP contribution in [0.15, 0.2) is 0 Å². The first-order valence-electron chi connectivity index (χ1n) is 6.49. The second kappa shape index (κ2) is 6.59. The van der Waals surface area contributed by atoms with E-state index in [1.807, 2.05) is 0 Å². The molecule has 1 aliphatic rings. The Labute approximate surface area is 101 Å². The molecule has 2 atom stereocenters. The van der Waals surface area contributed by atoms with Crippen LogP contribution in [0.4, 0.5) is 13.2 Å². The van der Waals surface area contributed by atoms with E-state index in [1.54, 1.807) is 4.90 Å². The van der Waals surface area contributed by atoms with Gasteiger partial charge in [-0.05, 0) is 51.2 Å². The average Bonchev–Trinajstić information content (AvgIpc) is 2.49. The normalized spacial score (nSPS) is 25.6. The molecule has 1 fully saturated rings. The lowest BCUT2D eigenvalue weighted by atomic mass is 9.98. The molecule has 1 aliphatic heterocycles. The molecule has 0 amide bonds. The van der Waals surface area contributed by atoms with Gasteiger partial charge in [0.2, 0.25) is 0 Å². The summed E-state index contributed by atoms with van der Waals surface area (Å²) in [6.45, 7) is 3.32. The molecule has 0 aromatic heterocycles. The first-order chi connectivity index (χ1) is 7.99. The predicted octanol–water partition coefficient (Wildman–Crippen LogP) is 2.78. The zero-order valence-electron chi connectivity index (χ0n) is 10.5. The molecule has 5 heteroatoms. The van der Waals surface area contributed by atoms with E-state index in [4.69, 9.17) is 5.73 Å². The van der Waals surface area contributed by atoms with Gasteiger partial charge < -0.3 is 5.73 Å². The number of rotatable bonds is 4. The number of halogens is 3. The summed E-state index contributed by atoms with van der Waals surface area (Å²) >= 11 is 0. The molecule has 1 heterocycles. The molecule has 2 unspecified atom stereocenters. The van der Waals surface area contributed by atoms with Crippen molar-refractivity contribution in [1.82, 2.24) is 4.90 Å². The molecule has 2 N–H and O–H groups in total. The van der Waals surface area contributed by atoms with Crippen molar-refractivity contribution >= 4 is 0 Å². The molecular formula is C12H23F3N2. The van der Waals surface area contributed by atoms with Crippen LogP contribution in [-0.4, -0.2) is 36.8 Å². The largest absolute Gasteiger partial charge is 0.404 e. The summed E-state index contributed by atoms with van der Waals surface area (Å²) < 4.78 is 38.7. The van der Waals surface area contributed by atoms with Crippen LogP contribution in [0.3, 0.4) is 0 Å². The quantitative estimate of drug-likeness (QED) is 0.833. The van der Waals surface area contributed by atoms with E-state index >= 15 is 0 Å². The van der Waals surface area contributed by atoms with Crippen LogP contribution in [0.25, 0.3) is 0 Å². The molecule has 2 nitrogen and oxygen atoms in total. The van der Waals surface area contributed by atoms with Gasteiger partial charge in [0.05, 0.1) is 0 Å². The number of hydrogen-bond donors (Lipinski definition) is 1. The molecule has 0 aromatic rings. The van der Waals surface area contributed by atoms with Gasteiger partial charge in [0, 0.05) is 0 Å². The van der Waals surface area contributed by atoms with Crippen molar-refractivity contribution in [3.63, 3.8) is 0 Å². The van der Waals surface area contributed by atoms with Crippen molar-refractivity contribution < 1.29 is 13.2 Å². The maximum absolute atomic E-state index is 12.9. The fraction of sp³-hybridized carbons (Fsp3) is 1.00. The molecule has 102 valence electrons. The lowest BCUT2D eigenvalue weighted by molar-refractivity contribution is -0.184. The Hall–Kier alpha value is -0.290. The summed E-state index contributed by atoms with van der Waals surface area (Å²) in [5.74, 6) is 0.590. The van der Waals surface area contributed by atoms with Crippen LogP contribution >= 0.6 is 0 Å². The summed E-state index contributed by atoms with van der Waals surface area (Å²) in [5, 5.41) is 0. The maximum atomic E-state index is 12.9. The van der Waals surface area contributed by atoms with Crippen molar-refractivity contribution in [3.8, 4) is 0 Å². The average molecular weight is 252 g/mol. The molecule has 0 saturated carbocycles. The Morgan fingerprint density at radius 3 is 2.53 bits per heavy atom. The molecule has 0 aliphatic carbocycles.